The van der Waals surface area contributed by atoms with Gasteiger partial charge in [0.05, 0.1) is 0 Å². The quantitative estimate of drug-likeness (QED) is 0.201. The number of nitrogens with zero attached hydrogens (tertiary/aromatic N) is 5. The van der Waals surface area contributed by atoms with Crippen molar-refractivity contribution in [3.05, 3.63) is 82.6 Å². The van der Waals surface area contributed by atoms with Gasteiger partial charge in [0.1, 0.15) is 5.60 Å². The molecule has 5 aromatic rings. The van der Waals surface area contributed by atoms with Crippen molar-refractivity contribution in [1.82, 2.24) is 24.6 Å². The van der Waals surface area contributed by atoms with E-state index in [1.807, 2.05) is 39.0 Å². The van der Waals surface area contributed by atoms with Crippen LogP contribution in [-0.2, 0) is 24.2 Å². The summed E-state index contributed by atoms with van der Waals surface area (Å²) in [7, 11) is 0. The van der Waals surface area contributed by atoms with Gasteiger partial charge in [0.25, 0.3) is 0 Å². The van der Waals surface area contributed by atoms with Gasteiger partial charge in [-0.1, -0.05) is 0 Å². The van der Waals surface area contributed by atoms with Gasteiger partial charge < -0.3 is 4.74 Å². The van der Waals surface area contributed by atoms with Gasteiger partial charge in [0, 0.05) is 0 Å². The van der Waals surface area contributed by atoms with Gasteiger partial charge in [0.2, 0.25) is 0 Å². The van der Waals surface area contributed by atoms with Crippen LogP contribution in [0.2, 0.25) is 5.02 Å². The molecule has 4 heterocycles. The number of rotatable bonds is 6. The Morgan fingerprint density at radius 3 is 2.72 bits per heavy atom. The van der Waals surface area contributed by atoms with E-state index >= 15 is 0 Å². The summed E-state index contributed by atoms with van der Waals surface area (Å²) in [6.07, 6.45) is 7.08. The van der Waals surface area contributed by atoms with Crippen molar-refractivity contribution in [2.45, 2.75) is 64.7 Å². The first-order chi connectivity index (χ1) is 22.1. The number of hydrogen-bond acceptors (Lipinski definition) is 7. The number of benzene rings is 2. The third-order valence-corrected chi connectivity index (χ3v) is 12.2. The van der Waals surface area contributed by atoms with Crippen LogP contribution in [0.1, 0.15) is 56.5 Å². The Hall–Kier alpha value is -3.46. The first kappa shape index (κ1) is 31.2. The summed E-state index contributed by atoms with van der Waals surface area (Å²) in [6.45, 7) is 7.24. The van der Waals surface area contributed by atoms with Gasteiger partial charge in [-0.05, 0) is 20.8 Å². The molecule has 1 unspecified atom stereocenters. The second kappa shape index (κ2) is 12.6. The second-order valence-electron chi connectivity index (χ2n) is 12.7. The van der Waals surface area contributed by atoms with E-state index in [4.69, 9.17) is 31.2 Å². The Morgan fingerprint density at radius 2 is 1.96 bits per heavy atom. The molecule has 0 N–H and O–H groups in total. The summed E-state index contributed by atoms with van der Waals surface area (Å²) in [5.41, 5.74) is 3.87. The molecule has 0 radical (unpaired) electrons. The summed E-state index contributed by atoms with van der Waals surface area (Å²) in [5, 5.41) is 6.74. The zero-order chi connectivity index (χ0) is 32.0. The number of ether oxygens (including phenoxy) is 2. The van der Waals surface area contributed by atoms with Gasteiger partial charge in [-0.15, -0.1) is 0 Å². The number of likely N-dealkylation sites (tertiary alicyclic amines) is 1. The third-order valence-electron chi connectivity index (χ3n) is 8.22. The summed E-state index contributed by atoms with van der Waals surface area (Å²) in [5.74, 6) is 0.282. The van der Waals surface area contributed by atoms with Crippen LogP contribution in [0.5, 0.6) is 5.75 Å². The van der Waals surface area contributed by atoms with E-state index in [-0.39, 0.29) is 24.6 Å². The number of aryl methyl sites for hydroxylation is 2. The number of fused-ring (bicyclic) bond motifs is 5. The van der Waals surface area contributed by atoms with E-state index in [1.165, 1.54) is 33.5 Å². The summed E-state index contributed by atoms with van der Waals surface area (Å²) < 4.78 is 29.4. The molecule has 1 aliphatic heterocycles. The minimum absolute atomic E-state index is 0.241. The van der Waals surface area contributed by atoms with Crippen molar-refractivity contribution < 1.29 is 18.7 Å². The molecular weight excluding hydrogens is 688 g/mol. The van der Waals surface area contributed by atoms with Gasteiger partial charge in [-0.2, -0.15) is 0 Å². The Labute approximate surface area is 282 Å². The van der Waals surface area contributed by atoms with Gasteiger partial charge in [-0.3, -0.25) is 0 Å². The summed E-state index contributed by atoms with van der Waals surface area (Å²) in [4.78, 5) is 26.0. The van der Waals surface area contributed by atoms with Crippen molar-refractivity contribution >= 4 is 63.8 Å². The molecule has 1 aliphatic carbocycles. The topological polar surface area (TPSA) is 82.4 Å². The molecular formula is C34H34AsClFN5O3S. The molecule has 1 atom stereocenters. The van der Waals surface area contributed by atoms with Crippen molar-refractivity contribution in [3.63, 3.8) is 0 Å². The number of thiophene rings is 1. The molecule has 2 aromatic carbocycles. The van der Waals surface area contributed by atoms with Crippen molar-refractivity contribution in [3.8, 4) is 16.2 Å². The standard InChI is InChI=1S/C34H34AsClFN5O3S/c1-34(2,3)45-33(43)41-13-11-23(12-14-41)42-17-25-27(40-42)9-8-24-29-31(38-19-39-32(29)46-30(24)25)35-21-7-10-28(26(36)16-21)44-18-20-5-4-6-22(37)15-20/h4-7,10,15-17,19,23,35H,8-9,11-14,18H2,1-3H3. The fourth-order valence-electron chi connectivity index (χ4n) is 6.03. The van der Waals surface area contributed by atoms with E-state index in [9.17, 15) is 9.18 Å². The van der Waals surface area contributed by atoms with Crippen molar-refractivity contribution in [1.29, 1.82) is 0 Å². The predicted molar refractivity (Wildman–Crippen MR) is 181 cm³/mol. The molecule has 0 spiro atoms. The van der Waals surface area contributed by atoms with Gasteiger partial charge >= 0.3 is 248 Å². The number of carbonyl (C=O) groups is 1. The van der Waals surface area contributed by atoms with Crippen LogP contribution in [0, 0.1) is 5.82 Å². The molecule has 3 aromatic heterocycles. The average molecular weight is 722 g/mol. The zero-order valence-corrected chi connectivity index (χ0v) is 29.5. The number of piperidine rings is 1. The Kier molecular flexibility index (Phi) is 8.55. The molecule has 12 heteroatoms. The van der Waals surface area contributed by atoms with Gasteiger partial charge in [-0.25, -0.2) is 4.79 Å². The predicted octanol–water partition coefficient (Wildman–Crippen LogP) is 5.98. The van der Waals surface area contributed by atoms with Crippen molar-refractivity contribution in [2.24, 2.45) is 0 Å². The average Bonchev–Trinajstić information content (AvgIpc) is 3.62. The summed E-state index contributed by atoms with van der Waals surface area (Å²) in [6, 6.07) is 12.5. The van der Waals surface area contributed by atoms with Crippen molar-refractivity contribution in [2.75, 3.05) is 13.1 Å². The molecule has 1 fully saturated rings. The van der Waals surface area contributed by atoms with E-state index in [2.05, 4.69) is 21.9 Å². The maximum atomic E-state index is 13.5. The number of aromatic nitrogens is 4. The number of halogens is 2. The van der Waals surface area contributed by atoms with E-state index in [0.29, 0.717) is 23.9 Å². The molecule has 8 nitrogen and oxygen atoms in total. The van der Waals surface area contributed by atoms with Crippen LogP contribution in [0.4, 0.5) is 9.18 Å². The molecule has 238 valence electrons. The number of hydrogen-bond donors (Lipinski definition) is 0. The van der Waals surface area contributed by atoms with Crippen LogP contribution in [-0.4, -0.2) is 65.2 Å². The fourth-order valence-corrected chi connectivity index (χ4v) is 10.3. The Morgan fingerprint density at radius 1 is 1.13 bits per heavy atom. The van der Waals surface area contributed by atoms with E-state index < -0.39 is 21.4 Å². The van der Waals surface area contributed by atoms with Gasteiger partial charge in [0.15, 0.2) is 0 Å². The monoisotopic (exact) mass is 721 g/mol. The Bertz CT molecular complexity index is 1930. The first-order valence-electron chi connectivity index (χ1n) is 15.4. The Balaban J connectivity index is 1.08. The summed E-state index contributed by atoms with van der Waals surface area (Å²) >= 11 is 7.54. The number of carbonyl (C=O) groups excluding carboxylic acids is 1. The fraction of sp³-hybridized carbons (Fsp3) is 0.353. The zero-order valence-electron chi connectivity index (χ0n) is 25.8. The first-order valence-corrected chi connectivity index (χ1v) is 18.7. The molecule has 7 rings (SSSR count). The SMILES string of the molecule is CC(C)(C)OC(=O)N1CCC(n2cc3c(n2)CCc2c-3sc3ncnc([AsH]c4ccc(OCc5cccc(F)c5)c(Cl)c4)c23)CC1. The molecule has 0 bridgehead atoms. The van der Waals surface area contributed by atoms with Crippen LogP contribution in [0.25, 0.3) is 20.7 Å². The molecule has 46 heavy (non-hydrogen) atoms. The molecule has 1 saturated heterocycles. The third kappa shape index (κ3) is 6.53. The van der Waals surface area contributed by atoms with E-state index in [0.717, 1.165) is 50.6 Å². The molecule has 1 amide bonds. The van der Waals surface area contributed by atoms with Crippen LogP contribution < -0.4 is 13.6 Å². The maximum absolute atomic E-state index is 13.5. The van der Waals surface area contributed by atoms with Crippen LogP contribution in [0.3, 0.4) is 0 Å². The molecule has 2 aliphatic rings. The minimum atomic E-state index is -0.813. The second-order valence-corrected chi connectivity index (χ2v) is 16.8. The normalized spacial score (nSPS) is 15.4. The van der Waals surface area contributed by atoms with E-state index in [1.54, 1.807) is 28.6 Å². The number of amides is 1. The van der Waals surface area contributed by atoms with Crippen LogP contribution in [0.15, 0.2) is 55.0 Å². The van der Waals surface area contributed by atoms with Crippen LogP contribution >= 0.6 is 22.9 Å². The molecule has 0 saturated carbocycles.